The minimum Gasteiger partial charge on any atom is -0.390 e. The summed E-state index contributed by atoms with van der Waals surface area (Å²) < 4.78 is 3.17. The van der Waals surface area contributed by atoms with Gasteiger partial charge in [0.1, 0.15) is 0 Å². The zero-order chi connectivity index (χ0) is 10.8. The van der Waals surface area contributed by atoms with Crippen LogP contribution in [-0.2, 0) is 13.7 Å². The van der Waals surface area contributed by atoms with Crippen LogP contribution in [0.1, 0.15) is 5.69 Å². The molecule has 4 heteroatoms. The molecule has 1 aromatic carbocycles. The zero-order valence-corrected chi connectivity index (χ0v) is 8.42. The van der Waals surface area contributed by atoms with Gasteiger partial charge in [-0.15, -0.1) is 0 Å². The van der Waals surface area contributed by atoms with E-state index in [9.17, 15) is 4.79 Å². The maximum Gasteiger partial charge on any atom is 0.271 e. The Morgan fingerprint density at radius 3 is 2.47 bits per heavy atom. The Kier molecular flexibility index (Phi) is 2.43. The Morgan fingerprint density at radius 1 is 1.27 bits per heavy atom. The maximum absolute atomic E-state index is 11.7. The van der Waals surface area contributed by atoms with E-state index >= 15 is 0 Å². The van der Waals surface area contributed by atoms with Crippen LogP contribution in [0.25, 0.3) is 5.69 Å². The fourth-order valence-electron chi connectivity index (χ4n) is 1.59. The summed E-state index contributed by atoms with van der Waals surface area (Å²) in [6, 6.07) is 10.8. The highest BCUT2D eigenvalue weighted by molar-refractivity contribution is 5.30. The molecule has 15 heavy (non-hydrogen) atoms. The number of hydrogen-bond acceptors (Lipinski definition) is 2. The SMILES string of the molecule is Cn1c(CO)cc(=O)n1-c1ccccc1. The second-order valence-corrected chi connectivity index (χ2v) is 3.30. The first-order valence-corrected chi connectivity index (χ1v) is 4.68. The topological polar surface area (TPSA) is 47.2 Å². The quantitative estimate of drug-likeness (QED) is 0.781. The van der Waals surface area contributed by atoms with E-state index in [2.05, 4.69) is 0 Å². The van der Waals surface area contributed by atoms with Gasteiger partial charge in [-0.05, 0) is 12.1 Å². The Balaban J connectivity index is 2.64. The van der Waals surface area contributed by atoms with Crippen molar-refractivity contribution in [1.29, 1.82) is 0 Å². The summed E-state index contributed by atoms with van der Waals surface area (Å²) in [4.78, 5) is 11.7. The molecule has 0 saturated carbocycles. The highest BCUT2D eigenvalue weighted by atomic mass is 16.3. The van der Waals surface area contributed by atoms with Gasteiger partial charge in [0.25, 0.3) is 5.56 Å². The number of para-hydroxylation sites is 1. The number of aliphatic hydroxyl groups is 1. The lowest BCUT2D eigenvalue weighted by molar-refractivity contribution is 0.269. The fraction of sp³-hybridized carbons (Fsp3) is 0.182. The van der Waals surface area contributed by atoms with E-state index in [0.29, 0.717) is 5.69 Å². The first-order chi connectivity index (χ1) is 7.24. The van der Waals surface area contributed by atoms with E-state index in [0.717, 1.165) is 5.69 Å². The average Bonchev–Trinajstić information content (AvgIpc) is 2.55. The van der Waals surface area contributed by atoms with Gasteiger partial charge in [-0.2, -0.15) is 0 Å². The van der Waals surface area contributed by atoms with Crippen LogP contribution in [0.15, 0.2) is 41.2 Å². The van der Waals surface area contributed by atoms with Crippen LogP contribution >= 0.6 is 0 Å². The molecule has 0 aliphatic heterocycles. The number of aliphatic hydroxyl groups excluding tert-OH is 1. The van der Waals surface area contributed by atoms with Crippen LogP contribution in [0.2, 0.25) is 0 Å². The fourth-order valence-corrected chi connectivity index (χ4v) is 1.59. The van der Waals surface area contributed by atoms with Crippen molar-refractivity contribution in [3.8, 4) is 5.69 Å². The third-order valence-electron chi connectivity index (χ3n) is 2.38. The van der Waals surface area contributed by atoms with Crippen LogP contribution in [0.4, 0.5) is 0 Å². The average molecular weight is 204 g/mol. The molecule has 78 valence electrons. The molecule has 1 N–H and O–H groups in total. The summed E-state index contributed by atoms with van der Waals surface area (Å²) in [5.74, 6) is 0. The predicted molar refractivity (Wildman–Crippen MR) is 56.9 cm³/mol. The first-order valence-electron chi connectivity index (χ1n) is 4.68. The molecule has 0 aliphatic rings. The zero-order valence-electron chi connectivity index (χ0n) is 8.42. The summed E-state index contributed by atoms with van der Waals surface area (Å²) in [7, 11) is 1.75. The number of hydrogen-bond donors (Lipinski definition) is 1. The van der Waals surface area contributed by atoms with Gasteiger partial charge in [-0.25, -0.2) is 4.68 Å². The lowest BCUT2D eigenvalue weighted by Crippen LogP contribution is -2.19. The molecule has 0 radical (unpaired) electrons. The van der Waals surface area contributed by atoms with Crippen LogP contribution in [-0.4, -0.2) is 14.5 Å². The van der Waals surface area contributed by atoms with E-state index in [1.807, 2.05) is 30.3 Å². The summed E-state index contributed by atoms with van der Waals surface area (Å²) in [5, 5.41) is 9.03. The molecule has 1 aromatic heterocycles. The minimum absolute atomic E-state index is 0.132. The van der Waals surface area contributed by atoms with Crippen molar-refractivity contribution in [3.05, 3.63) is 52.4 Å². The van der Waals surface area contributed by atoms with E-state index in [4.69, 9.17) is 5.11 Å². The van der Waals surface area contributed by atoms with Crippen molar-refractivity contribution in [2.45, 2.75) is 6.61 Å². The monoisotopic (exact) mass is 204 g/mol. The second kappa shape index (κ2) is 3.74. The summed E-state index contributed by atoms with van der Waals surface area (Å²) >= 11 is 0. The molecule has 0 unspecified atom stereocenters. The molecular formula is C11H12N2O2. The van der Waals surface area contributed by atoms with Gasteiger partial charge in [0, 0.05) is 13.1 Å². The number of benzene rings is 1. The normalized spacial score (nSPS) is 10.5. The van der Waals surface area contributed by atoms with Crippen molar-refractivity contribution in [3.63, 3.8) is 0 Å². The molecule has 0 saturated heterocycles. The van der Waals surface area contributed by atoms with Gasteiger partial charge in [-0.3, -0.25) is 9.48 Å². The molecular weight excluding hydrogens is 192 g/mol. The van der Waals surface area contributed by atoms with Gasteiger partial charge in [0.05, 0.1) is 18.0 Å². The molecule has 0 atom stereocenters. The minimum atomic E-state index is -0.133. The van der Waals surface area contributed by atoms with Gasteiger partial charge >= 0.3 is 0 Å². The predicted octanol–water partition coefficient (Wildman–Crippen LogP) is 0.668. The Labute approximate surface area is 87.0 Å². The van der Waals surface area contributed by atoms with E-state index in [-0.39, 0.29) is 12.2 Å². The van der Waals surface area contributed by atoms with Crippen molar-refractivity contribution < 1.29 is 5.11 Å². The summed E-state index contributed by atoms with van der Waals surface area (Å²) in [6.07, 6.45) is 0. The molecule has 2 rings (SSSR count). The van der Waals surface area contributed by atoms with Crippen LogP contribution < -0.4 is 5.56 Å². The standard InChI is InChI=1S/C11H12N2O2/c1-12-10(8-14)7-11(15)13(12)9-5-3-2-4-6-9/h2-7,14H,8H2,1H3. The number of nitrogens with zero attached hydrogens (tertiary/aromatic N) is 2. The summed E-state index contributed by atoms with van der Waals surface area (Å²) in [5.41, 5.74) is 1.27. The molecule has 0 aliphatic carbocycles. The summed E-state index contributed by atoms with van der Waals surface area (Å²) in [6.45, 7) is -0.133. The van der Waals surface area contributed by atoms with Gasteiger partial charge in [0.2, 0.25) is 0 Å². The first kappa shape index (κ1) is 9.73. The third-order valence-corrected chi connectivity index (χ3v) is 2.38. The molecule has 0 amide bonds. The molecule has 2 aromatic rings. The highest BCUT2D eigenvalue weighted by Gasteiger charge is 2.07. The Hall–Kier alpha value is -1.81. The highest BCUT2D eigenvalue weighted by Crippen LogP contribution is 2.05. The largest absolute Gasteiger partial charge is 0.390 e. The van der Waals surface area contributed by atoms with Crippen LogP contribution in [0.5, 0.6) is 0 Å². The molecule has 0 bridgehead atoms. The number of rotatable bonds is 2. The van der Waals surface area contributed by atoms with Crippen molar-refractivity contribution in [2.24, 2.45) is 7.05 Å². The Morgan fingerprint density at radius 2 is 1.93 bits per heavy atom. The van der Waals surface area contributed by atoms with E-state index < -0.39 is 0 Å². The number of aromatic nitrogens is 2. The smallest absolute Gasteiger partial charge is 0.271 e. The second-order valence-electron chi connectivity index (χ2n) is 3.30. The lowest BCUT2D eigenvalue weighted by Gasteiger charge is -2.08. The van der Waals surface area contributed by atoms with Crippen molar-refractivity contribution in [2.75, 3.05) is 0 Å². The van der Waals surface area contributed by atoms with E-state index in [1.54, 1.807) is 11.7 Å². The third kappa shape index (κ3) is 1.59. The van der Waals surface area contributed by atoms with E-state index in [1.165, 1.54) is 10.7 Å². The maximum atomic E-state index is 11.7. The Bertz CT molecular complexity index is 511. The molecule has 1 heterocycles. The van der Waals surface area contributed by atoms with Gasteiger partial charge in [-0.1, -0.05) is 18.2 Å². The van der Waals surface area contributed by atoms with Gasteiger partial charge < -0.3 is 5.11 Å². The molecule has 0 fully saturated rings. The van der Waals surface area contributed by atoms with Crippen molar-refractivity contribution in [1.82, 2.24) is 9.36 Å². The van der Waals surface area contributed by atoms with Crippen LogP contribution in [0.3, 0.4) is 0 Å². The van der Waals surface area contributed by atoms with Crippen LogP contribution in [0, 0.1) is 0 Å². The van der Waals surface area contributed by atoms with Crippen molar-refractivity contribution >= 4 is 0 Å². The molecule has 0 spiro atoms. The molecule has 4 nitrogen and oxygen atoms in total. The van der Waals surface area contributed by atoms with Gasteiger partial charge in [0.15, 0.2) is 0 Å². The lowest BCUT2D eigenvalue weighted by atomic mass is 10.3.